The van der Waals surface area contributed by atoms with Crippen LogP contribution in [-0.4, -0.2) is 34.6 Å². The molecule has 0 fully saturated rings. The van der Waals surface area contributed by atoms with Gasteiger partial charge < -0.3 is 14.8 Å². The standard InChI is InChI=1S/C3H6N2O7.3C2H4/c6-1-3(12-5(9)10)2-11-4(7)8;3*1-2/h3,6H,1-2H2;3*1-2H2. The van der Waals surface area contributed by atoms with Crippen LogP contribution >= 0.6 is 0 Å². The first kappa shape index (κ1) is 24.7. The van der Waals surface area contributed by atoms with Crippen LogP contribution in [0.4, 0.5) is 0 Å². The molecular weight excluding hydrogens is 248 g/mol. The Hall–Kier alpha value is -2.42. The third-order valence-corrected chi connectivity index (χ3v) is 0.805. The molecule has 0 aromatic carbocycles. The maximum atomic E-state index is 9.66. The lowest BCUT2D eigenvalue weighted by Crippen LogP contribution is -2.27. The Bertz CT molecular complexity index is 208. The van der Waals surface area contributed by atoms with Crippen molar-refractivity contribution >= 4 is 0 Å². The van der Waals surface area contributed by atoms with Gasteiger partial charge in [0.25, 0.3) is 10.2 Å². The molecular formula is C9H18N2O7. The Morgan fingerprint density at radius 2 is 1.39 bits per heavy atom. The molecule has 9 heteroatoms. The molecule has 1 atom stereocenters. The van der Waals surface area contributed by atoms with E-state index in [4.69, 9.17) is 5.11 Å². The molecule has 1 unspecified atom stereocenters. The smallest absolute Gasteiger partial charge is 0.294 e. The number of hydrogen-bond acceptors (Lipinski definition) is 7. The lowest BCUT2D eigenvalue weighted by Gasteiger charge is -2.08. The van der Waals surface area contributed by atoms with Gasteiger partial charge in [-0.2, -0.15) is 0 Å². The highest BCUT2D eigenvalue weighted by Crippen LogP contribution is 1.92. The summed E-state index contributed by atoms with van der Waals surface area (Å²) in [5.74, 6) is 0. The van der Waals surface area contributed by atoms with Crippen molar-refractivity contribution in [3.63, 3.8) is 0 Å². The molecule has 106 valence electrons. The first-order valence-corrected chi connectivity index (χ1v) is 4.25. The Balaban J connectivity index is -0.000000141. The zero-order valence-corrected chi connectivity index (χ0v) is 10.0. The van der Waals surface area contributed by atoms with Gasteiger partial charge in [-0.05, 0) is 0 Å². The van der Waals surface area contributed by atoms with Gasteiger partial charge in [0.2, 0.25) is 0 Å². The average Bonchev–Trinajstić information content (AvgIpc) is 2.41. The van der Waals surface area contributed by atoms with E-state index in [1.807, 2.05) is 0 Å². The molecule has 1 N–H and O–H groups in total. The van der Waals surface area contributed by atoms with Gasteiger partial charge in [0.05, 0.1) is 6.61 Å². The summed E-state index contributed by atoms with van der Waals surface area (Å²) in [6.45, 7) is 16.6. The van der Waals surface area contributed by atoms with E-state index in [9.17, 15) is 20.2 Å². The van der Waals surface area contributed by atoms with Crippen LogP contribution < -0.4 is 0 Å². The van der Waals surface area contributed by atoms with Crippen LogP contribution in [0.1, 0.15) is 0 Å². The van der Waals surface area contributed by atoms with Gasteiger partial charge in [0.1, 0.15) is 6.61 Å². The number of hydrogen-bond donors (Lipinski definition) is 1. The van der Waals surface area contributed by atoms with Crippen LogP contribution in [0.5, 0.6) is 0 Å². The highest BCUT2D eigenvalue weighted by molar-refractivity contribution is 4.48. The van der Waals surface area contributed by atoms with E-state index in [1.165, 1.54) is 0 Å². The predicted octanol–water partition coefficient (Wildman–Crippen LogP) is 1.17. The molecule has 0 rings (SSSR count). The van der Waals surface area contributed by atoms with Crippen molar-refractivity contribution in [3.8, 4) is 0 Å². The molecule has 0 saturated heterocycles. The second-order valence-electron chi connectivity index (χ2n) is 1.65. The van der Waals surface area contributed by atoms with Crippen LogP contribution in [0, 0.1) is 20.2 Å². The van der Waals surface area contributed by atoms with Crippen molar-refractivity contribution in [2.24, 2.45) is 0 Å². The fourth-order valence-corrected chi connectivity index (χ4v) is 0.382. The van der Waals surface area contributed by atoms with E-state index in [0.717, 1.165) is 0 Å². The second kappa shape index (κ2) is 24.0. The quantitative estimate of drug-likeness (QED) is 0.434. The van der Waals surface area contributed by atoms with Gasteiger partial charge >= 0.3 is 0 Å². The summed E-state index contributed by atoms with van der Waals surface area (Å²) in [7, 11) is 0. The molecule has 0 aliphatic rings. The van der Waals surface area contributed by atoms with Crippen LogP contribution in [0.25, 0.3) is 0 Å². The van der Waals surface area contributed by atoms with Crippen molar-refractivity contribution in [2.75, 3.05) is 13.2 Å². The Kier molecular flexibility index (Phi) is 33.0. The van der Waals surface area contributed by atoms with Crippen LogP contribution in [0.15, 0.2) is 39.5 Å². The van der Waals surface area contributed by atoms with Crippen molar-refractivity contribution in [1.29, 1.82) is 0 Å². The Labute approximate surface area is 105 Å². The fourth-order valence-electron chi connectivity index (χ4n) is 0.382. The van der Waals surface area contributed by atoms with Gasteiger partial charge in [-0.3, -0.25) is 0 Å². The minimum Gasteiger partial charge on any atom is -0.394 e. The number of aliphatic hydroxyl groups excluding tert-OH is 1. The molecule has 0 radical (unpaired) electrons. The fraction of sp³-hybridized carbons (Fsp3) is 0.333. The monoisotopic (exact) mass is 266 g/mol. The number of rotatable bonds is 6. The van der Waals surface area contributed by atoms with Gasteiger partial charge in [0.15, 0.2) is 6.10 Å². The average molecular weight is 266 g/mol. The zero-order chi connectivity index (χ0) is 15.6. The maximum absolute atomic E-state index is 9.66. The molecule has 0 aromatic rings. The van der Waals surface area contributed by atoms with Crippen molar-refractivity contribution in [3.05, 3.63) is 59.7 Å². The lowest BCUT2D eigenvalue weighted by molar-refractivity contribution is -0.790. The topological polar surface area (TPSA) is 125 Å². The van der Waals surface area contributed by atoms with E-state index in [-0.39, 0.29) is 0 Å². The molecule has 0 bridgehead atoms. The second-order valence-corrected chi connectivity index (χ2v) is 1.65. The summed E-state index contributed by atoms with van der Waals surface area (Å²) in [5.41, 5.74) is 0. The minimum atomic E-state index is -1.33. The van der Waals surface area contributed by atoms with Gasteiger partial charge in [-0.15, -0.1) is 59.7 Å². The highest BCUT2D eigenvalue weighted by Gasteiger charge is 2.13. The summed E-state index contributed by atoms with van der Waals surface area (Å²) >= 11 is 0. The minimum absolute atomic E-state index is 0.676. The van der Waals surface area contributed by atoms with Crippen molar-refractivity contribution in [1.82, 2.24) is 0 Å². The maximum Gasteiger partial charge on any atom is 0.294 e. The Morgan fingerprint density at radius 3 is 1.61 bits per heavy atom. The predicted molar refractivity (Wildman–Crippen MR) is 65.7 cm³/mol. The molecule has 0 heterocycles. The summed E-state index contributed by atoms with van der Waals surface area (Å²) in [4.78, 5) is 26.8. The lowest BCUT2D eigenvalue weighted by atomic mass is 10.4. The molecule has 0 aliphatic carbocycles. The van der Waals surface area contributed by atoms with Crippen molar-refractivity contribution in [2.45, 2.75) is 6.10 Å². The molecule has 0 saturated carbocycles. The summed E-state index contributed by atoms with van der Waals surface area (Å²) in [6.07, 6.45) is -1.33. The summed E-state index contributed by atoms with van der Waals surface area (Å²) < 4.78 is 0. The van der Waals surface area contributed by atoms with E-state index in [2.05, 4.69) is 49.1 Å². The van der Waals surface area contributed by atoms with Crippen molar-refractivity contribution < 1.29 is 25.0 Å². The third-order valence-electron chi connectivity index (χ3n) is 0.805. The molecule has 0 amide bonds. The first-order valence-electron chi connectivity index (χ1n) is 4.25. The molecule has 0 spiro atoms. The largest absolute Gasteiger partial charge is 0.394 e. The molecule has 9 nitrogen and oxygen atoms in total. The van der Waals surface area contributed by atoms with Crippen LogP contribution in [0.3, 0.4) is 0 Å². The molecule has 0 aromatic heterocycles. The molecule has 18 heavy (non-hydrogen) atoms. The van der Waals surface area contributed by atoms with Gasteiger partial charge in [-0.25, -0.2) is 0 Å². The van der Waals surface area contributed by atoms with Gasteiger partial charge in [0, 0.05) is 0 Å². The highest BCUT2D eigenvalue weighted by atomic mass is 17.0. The third kappa shape index (κ3) is 29.2. The first-order chi connectivity index (χ1) is 8.56. The normalized spacial score (nSPS) is 8.50. The number of nitrogens with zero attached hydrogens (tertiary/aromatic N) is 2. The number of aliphatic hydroxyl groups is 1. The van der Waals surface area contributed by atoms with E-state index < -0.39 is 29.5 Å². The zero-order valence-electron chi connectivity index (χ0n) is 10.0. The van der Waals surface area contributed by atoms with Gasteiger partial charge in [-0.1, -0.05) is 0 Å². The summed E-state index contributed by atoms with van der Waals surface area (Å²) in [6, 6.07) is 0. The summed E-state index contributed by atoms with van der Waals surface area (Å²) in [5, 5.41) is 25.3. The SMILES string of the molecule is C=C.C=C.C=C.O=[N+]([O-])OCC(CO)O[N+](=O)[O-]. The van der Waals surface area contributed by atoms with E-state index >= 15 is 0 Å². The van der Waals surface area contributed by atoms with E-state index in [1.54, 1.807) is 0 Å². The van der Waals surface area contributed by atoms with E-state index in [0.29, 0.717) is 0 Å². The van der Waals surface area contributed by atoms with Crippen LogP contribution in [-0.2, 0) is 9.68 Å². The molecule has 0 aliphatic heterocycles. The Morgan fingerprint density at radius 1 is 1.00 bits per heavy atom. The van der Waals surface area contributed by atoms with Crippen LogP contribution in [0.2, 0.25) is 0 Å².